The molecule has 0 atom stereocenters. The van der Waals surface area contributed by atoms with Crippen molar-refractivity contribution in [1.82, 2.24) is 24.9 Å². The molecule has 3 aromatic rings. The van der Waals surface area contributed by atoms with Crippen LogP contribution in [0.3, 0.4) is 0 Å². The van der Waals surface area contributed by atoms with Crippen LogP contribution >= 0.6 is 0 Å². The smallest absolute Gasteiger partial charge is 0.226 e. The average Bonchev–Trinajstić information content (AvgIpc) is 3.00. The summed E-state index contributed by atoms with van der Waals surface area (Å²) in [5.41, 5.74) is 2.40. The molecule has 3 aromatic heterocycles. The first kappa shape index (κ1) is 13.3. The molecule has 0 saturated carbocycles. The highest BCUT2D eigenvalue weighted by Gasteiger charge is 2.09. The summed E-state index contributed by atoms with van der Waals surface area (Å²) in [6.45, 7) is 3.52. The van der Waals surface area contributed by atoms with Crippen LogP contribution in [0.2, 0.25) is 0 Å². The average molecular weight is 283 g/mol. The van der Waals surface area contributed by atoms with Crippen LogP contribution in [0.4, 0.5) is 11.8 Å². The molecule has 21 heavy (non-hydrogen) atoms. The SMILES string of the molecule is CCCNc1nc(NCc2ccccn2)c2[nH]cnc2n1. The van der Waals surface area contributed by atoms with Crippen molar-refractivity contribution < 1.29 is 0 Å². The number of aromatic nitrogens is 5. The Bertz CT molecular complexity index is 708. The van der Waals surface area contributed by atoms with E-state index in [0.717, 1.165) is 30.0 Å². The van der Waals surface area contributed by atoms with Crippen LogP contribution in [0.15, 0.2) is 30.7 Å². The van der Waals surface area contributed by atoms with Crippen molar-refractivity contribution in [3.05, 3.63) is 36.4 Å². The van der Waals surface area contributed by atoms with Gasteiger partial charge in [-0.15, -0.1) is 0 Å². The molecule has 0 saturated heterocycles. The third kappa shape index (κ3) is 3.07. The summed E-state index contributed by atoms with van der Waals surface area (Å²) in [7, 11) is 0. The number of H-pyrrole nitrogens is 1. The fourth-order valence-electron chi connectivity index (χ4n) is 1.95. The number of anilines is 2. The first-order valence-electron chi connectivity index (χ1n) is 6.95. The highest BCUT2D eigenvalue weighted by atomic mass is 15.2. The van der Waals surface area contributed by atoms with Crippen molar-refractivity contribution in [2.75, 3.05) is 17.2 Å². The van der Waals surface area contributed by atoms with Crippen LogP contribution in [0.1, 0.15) is 19.0 Å². The first-order chi connectivity index (χ1) is 10.4. The van der Waals surface area contributed by atoms with Gasteiger partial charge in [0, 0.05) is 12.7 Å². The van der Waals surface area contributed by atoms with Gasteiger partial charge in [0.15, 0.2) is 11.5 Å². The number of rotatable bonds is 6. The molecule has 3 heterocycles. The second-order valence-corrected chi connectivity index (χ2v) is 4.60. The van der Waals surface area contributed by atoms with Crippen molar-refractivity contribution >= 4 is 22.9 Å². The van der Waals surface area contributed by atoms with E-state index < -0.39 is 0 Å². The number of nitrogens with zero attached hydrogens (tertiary/aromatic N) is 4. The van der Waals surface area contributed by atoms with Crippen molar-refractivity contribution in [3.8, 4) is 0 Å². The standard InChI is InChI=1S/C14H17N7/c1-2-6-16-14-20-12(11-13(21-14)19-9-18-11)17-8-10-5-3-4-7-15-10/h3-5,7,9H,2,6,8H2,1H3,(H3,16,17,18,19,20,21). The van der Waals surface area contributed by atoms with Crippen LogP contribution < -0.4 is 10.6 Å². The molecule has 3 N–H and O–H groups in total. The Balaban J connectivity index is 1.83. The van der Waals surface area contributed by atoms with Gasteiger partial charge in [0.05, 0.1) is 18.6 Å². The monoisotopic (exact) mass is 283 g/mol. The van der Waals surface area contributed by atoms with E-state index in [0.29, 0.717) is 18.1 Å². The molecule has 0 aliphatic heterocycles. The second-order valence-electron chi connectivity index (χ2n) is 4.60. The van der Waals surface area contributed by atoms with E-state index in [4.69, 9.17) is 0 Å². The Kier molecular flexibility index (Phi) is 3.90. The van der Waals surface area contributed by atoms with Gasteiger partial charge in [0.25, 0.3) is 0 Å². The molecule has 0 bridgehead atoms. The molecule has 0 radical (unpaired) electrons. The van der Waals surface area contributed by atoms with E-state index in [1.54, 1.807) is 12.5 Å². The highest BCUT2D eigenvalue weighted by Crippen LogP contribution is 2.19. The Morgan fingerprint density at radius 1 is 1.14 bits per heavy atom. The molecule has 0 aliphatic rings. The molecular formula is C14H17N7. The number of nitrogens with one attached hydrogen (secondary N) is 3. The minimum absolute atomic E-state index is 0.583. The maximum absolute atomic E-state index is 4.49. The lowest BCUT2D eigenvalue weighted by Gasteiger charge is -2.08. The van der Waals surface area contributed by atoms with Crippen molar-refractivity contribution in [1.29, 1.82) is 0 Å². The van der Waals surface area contributed by atoms with Gasteiger partial charge in [-0.1, -0.05) is 13.0 Å². The highest BCUT2D eigenvalue weighted by molar-refractivity contribution is 5.83. The Morgan fingerprint density at radius 3 is 2.90 bits per heavy atom. The lowest BCUT2D eigenvalue weighted by molar-refractivity contribution is 0.952. The maximum Gasteiger partial charge on any atom is 0.226 e. The summed E-state index contributed by atoms with van der Waals surface area (Å²) in [6.07, 6.45) is 4.41. The third-order valence-electron chi connectivity index (χ3n) is 2.98. The summed E-state index contributed by atoms with van der Waals surface area (Å²) >= 11 is 0. The zero-order valence-electron chi connectivity index (χ0n) is 11.8. The molecule has 0 fully saturated rings. The molecule has 0 spiro atoms. The van der Waals surface area contributed by atoms with Gasteiger partial charge in [-0.25, -0.2) is 4.98 Å². The predicted molar refractivity (Wildman–Crippen MR) is 82.0 cm³/mol. The third-order valence-corrected chi connectivity index (χ3v) is 2.98. The van der Waals surface area contributed by atoms with Crippen LogP contribution in [0.25, 0.3) is 11.2 Å². The van der Waals surface area contributed by atoms with Gasteiger partial charge in [-0.05, 0) is 18.6 Å². The van der Waals surface area contributed by atoms with Crippen molar-refractivity contribution in [2.45, 2.75) is 19.9 Å². The van der Waals surface area contributed by atoms with Crippen molar-refractivity contribution in [2.24, 2.45) is 0 Å². The largest absolute Gasteiger partial charge is 0.362 e. The van der Waals surface area contributed by atoms with E-state index in [9.17, 15) is 0 Å². The molecule has 0 aromatic carbocycles. The predicted octanol–water partition coefficient (Wildman–Crippen LogP) is 2.18. The van der Waals surface area contributed by atoms with Crippen LogP contribution in [-0.4, -0.2) is 31.5 Å². The van der Waals surface area contributed by atoms with Crippen LogP contribution in [-0.2, 0) is 6.54 Å². The van der Waals surface area contributed by atoms with E-state index in [-0.39, 0.29) is 0 Å². The molecule has 7 nitrogen and oxygen atoms in total. The second kappa shape index (κ2) is 6.17. The van der Waals surface area contributed by atoms with Gasteiger partial charge in [0.1, 0.15) is 5.52 Å². The molecule has 108 valence electrons. The van der Waals surface area contributed by atoms with Gasteiger partial charge in [-0.3, -0.25) is 4.98 Å². The fourth-order valence-corrected chi connectivity index (χ4v) is 1.95. The molecule has 0 aliphatic carbocycles. The summed E-state index contributed by atoms with van der Waals surface area (Å²) in [5, 5.41) is 6.47. The van der Waals surface area contributed by atoms with Gasteiger partial charge in [-0.2, -0.15) is 9.97 Å². The minimum atomic E-state index is 0.583. The zero-order valence-corrected chi connectivity index (χ0v) is 11.8. The van der Waals surface area contributed by atoms with E-state index in [1.807, 2.05) is 18.2 Å². The van der Waals surface area contributed by atoms with Crippen LogP contribution in [0, 0.1) is 0 Å². The van der Waals surface area contributed by atoms with E-state index in [1.165, 1.54) is 0 Å². The molecular weight excluding hydrogens is 266 g/mol. The number of hydrogen-bond donors (Lipinski definition) is 3. The Labute approximate surface area is 122 Å². The number of fused-ring (bicyclic) bond motifs is 1. The topological polar surface area (TPSA) is 91.4 Å². The molecule has 3 rings (SSSR count). The lowest BCUT2D eigenvalue weighted by atomic mass is 10.3. The number of hydrogen-bond acceptors (Lipinski definition) is 6. The van der Waals surface area contributed by atoms with Gasteiger partial charge >= 0.3 is 0 Å². The summed E-state index contributed by atoms with van der Waals surface area (Å²) in [4.78, 5) is 20.4. The molecule has 7 heteroatoms. The lowest BCUT2D eigenvalue weighted by Crippen LogP contribution is -2.09. The molecule has 0 unspecified atom stereocenters. The van der Waals surface area contributed by atoms with Gasteiger partial charge in [0.2, 0.25) is 5.95 Å². The summed E-state index contributed by atoms with van der Waals surface area (Å²) in [5.74, 6) is 1.31. The first-order valence-corrected chi connectivity index (χ1v) is 6.95. The van der Waals surface area contributed by atoms with E-state index >= 15 is 0 Å². The minimum Gasteiger partial charge on any atom is -0.362 e. The van der Waals surface area contributed by atoms with E-state index in [2.05, 4.69) is 42.5 Å². The Morgan fingerprint density at radius 2 is 2.10 bits per heavy atom. The normalized spacial score (nSPS) is 10.7. The molecule has 0 amide bonds. The number of pyridine rings is 1. The summed E-state index contributed by atoms with van der Waals surface area (Å²) in [6, 6.07) is 5.83. The number of imidazole rings is 1. The quantitative estimate of drug-likeness (QED) is 0.642. The van der Waals surface area contributed by atoms with Gasteiger partial charge < -0.3 is 15.6 Å². The Hall–Kier alpha value is -2.70. The summed E-state index contributed by atoms with van der Waals surface area (Å²) < 4.78 is 0. The maximum atomic E-state index is 4.49. The van der Waals surface area contributed by atoms with Crippen LogP contribution in [0.5, 0.6) is 0 Å². The number of aromatic amines is 1. The fraction of sp³-hybridized carbons (Fsp3) is 0.286. The van der Waals surface area contributed by atoms with Crippen molar-refractivity contribution in [3.63, 3.8) is 0 Å². The zero-order chi connectivity index (χ0) is 14.5.